The number of nitrogens with one attached hydrogen (secondary N) is 1. The Morgan fingerprint density at radius 2 is 1.77 bits per heavy atom. The standard InChI is InChI=1S/C22H30N2O5S/c1-4-29-16-8-15-23-22(25)17-21(18-11-13-19(28-3)14-12-18)24(2)30(26,27)20-9-6-5-7-10-20/h5-7,9-14,21H,4,8,15-17H2,1-3H3,(H,23,25)/t21-/m0/s1. The minimum atomic E-state index is -3.78. The molecule has 1 N–H and O–H groups in total. The zero-order valence-electron chi connectivity index (χ0n) is 17.7. The maximum atomic E-state index is 13.1. The van der Waals surface area contributed by atoms with Crippen molar-refractivity contribution < 1.29 is 22.7 Å². The van der Waals surface area contributed by atoms with Gasteiger partial charge in [0.2, 0.25) is 15.9 Å². The molecule has 0 aromatic heterocycles. The number of ether oxygens (including phenoxy) is 2. The zero-order valence-corrected chi connectivity index (χ0v) is 18.5. The van der Waals surface area contributed by atoms with E-state index in [9.17, 15) is 13.2 Å². The van der Waals surface area contributed by atoms with Gasteiger partial charge in [0.25, 0.3) is 0 Å². The number of nitrogens with zero attached hydrogens (tertiary/aromatic N) is 1. The minimum Gasteiger partial charge on any atom is -0.497 e. The van der Waals surface area contributed by atoms with E-state index in [0.717, 1.165) is 0 Å². The van der Waals surface area contributed by atoms with E-state index in [0.29, 0.717) is 37.5 Å². The number of benzene rings is 2. The van der Waals surface area contributed by atoms with Crippen molar-refractivity contribution in [2.45, 2.75) is 30.7 Å². The molecule has 1 amide bonds. The summed E-state index contributed by atoms with van der Waals surface area (Å²) in [7, 11) is -0.715. The van der Waals surface area contributed by atoms with Gasteiger partial charge in [0.05, 0.1) is 18.0 Å². The molecule has 1 atom stereocenters. The molecule has 7 nitrogen and oxygen atoms in total. The van der Waals surface area contributed by atoms with Crippen molar-refractivity contribution in [3.8, 4) is 5.75 Å². The highest BCUT2D eigenvalue weighted by atomic mass is 32.2. The Morgan fingerprint density at radius 3 is 2.37 bits per heavy atom. The van der Waals surface area contributed by atoms with Gasteiger partial charge in [0.1, 0.15) is 5.75 Å². The molecule has 0 saturated heterocycles. The van der Waals surface area contributed by atoms with Crippen molar-refractivity contribution in [1.29, 1.82) is 0 Å². The van der Waals surface area contributed by atoms with Crippen LogP contribution in [0, 0.1) is 0 Å². The Labute approximate surface area is 179 Å². The third-order valence-corrected chi connectivity index (χ3v) is 6.61. The normalized spacial score (nSPS) is 12.5. The second-order valence-electron chi connectivity index (χ2n) is 6.73. The summed E-state index contributed by atoms with van der Waals surface area (Å²) in [5.74, 6) is 0.439. The molecule has 2 aromatic carbocycles. The predicted octanol–water partition coefficient (Wildman–Crippen LogP) is 2.99. The second-order valence-corrected chi connectivity index (χ2v) is 8.73. The van der Waals surface area contributed by atoms with Gasteiger partial charge in [0, 0.05) is 33.2 Å². The Morgan fingerprint density at radius 1 is 1.10 bits per heavy atom. The van der Waals surface area contributed by atoms with Crippen molar-refractivity contribution in [2.75, 3.05) is 33.9 Å². The van der Waals surface area contributed by atoms with E-state index in [1.165, 1.54) is 11.4 Å². The summed E-state index contributed by atoms with van der Waals surface area (Å²) in [4.78, 5) is 12.7. The van der Waals surface area contributed by atoms with E-state index in [1.54, 1.807) is 61.7 Å². The molecular formula is C22H30N2O5S. The lowest BCUT2D eigenvalue weighted by Gasteiger charge is -2.28. The number of carbonyl (C=O) groups excluding carboxylic acids is 1. The van der Waals surface area contributed by atoms with Crippen LogP contribution in [0.15, 0.2) is 59.5 Å². The summed E-state index contributed by atoms with van der Waals surface area (Å²) in [6.07, 6.45) is 0.703. The van der Waals surface area contributed by atoms with Crippen LogP contribution < -0.4 is 10.1 Å². The van der Waals surface area contributed by atoms with Gasteiger partial charge in [-0.2, -0.15) is 4.31 Å². The van der Waals surface area contributed by atoms with Crippen LogP contribution in [-0.4, -0.2) is 52.5 Å². The molecule has 2 aromatic rings. The monoisotopic (exact) mass is 434 g/mol. The minimum absolute atomic E-state index is 0.00350. The number of rotatable bonds is 12. The highest BCUT2D eigenvalue weighted by Gasteiger charge is 2.30. The van der Waals surface area contributed by atoms with E-state index in [-0.39, 0.29) is 17.2 Å². The Hall–Kier alpha value is -2.42. The first-order chi connectivity index (χ1) is 14.4. The largest absolute Gasteiger partial charge is 0.497 e. The van der Waals surface area contributed by atoms with Gasteiger partial charge in [-0.25, -0.2) is 8.42 Å². The molecular weight excluding hydrogens is 404 g/mol. The molecule has 2 rings (SSSR count). The van der Waals surface area contributed by atoms with Crippen molar-refractivity contribution in [1.82, 2.24) is 9.62 Å². The molecule has 0 aliphatic heterocycles. The second kappa shape index (κ2) is 11.7. The van der Waals surface area contributed by atoms with Gasteiger partial charge in [-0.05, 0) is 43.2 Å². The van der Waals surface area contributed by atoms with Gasteiger partial charge in [-0.3, -0.25) is 4.79 Å². The van der Waals surface area contributed by atoms with Crippen LogP contribution in [0.5, 0.6) is 5.75 Å². The van der Waals surface area contributed by atoms with E-state index in [1.807, 2.05) is 6.92 Å². The van der Waals surface area contributed by atoms with Crippen LogP contribution in [0.2, 0.25) is 0 Å². The van der Waals surface area contributed by atoms with Crippen molar-refractivity contribution >= 4 is 15.9 Å². The SMILES string of the molecule is CCOCCCNC(=O)C[C@@H](c1ccc(OC)cc1)N(C)S(=O)(=O)c1ccccc1. The molecule has 0 heterocycles. The summed E-state index contributed by atoms with van der Waals surface area (Å²) in [5.41, 5.74) is 0.710. The molecule has 0 aliphatic rings. The Bertz CT molecular complexity index is 886. The van der Waals surface area contributed by atoms with E-state index in [2.05, 4.69) is 5.32 Å². The van der Waals surface area contributed by atoms with Crippen molar-refractivity contribution in [3.63, 3.8) is 0 Å². The first kappa shape index (κ1) is 23.9. The highest BCUT2D eigenvalue weighted by molar-refractivity contribution is 7.89. The molecule has 0 bridgehead atoms. The summed E-state index contributed by atoms with van der Waals surface area (Å²) < 4.78 is 38.0. The summed E-state index contributed by atoms with van der Waals surface area (Å²) in [6.45, 7) is 3.60. The zero-order chi connectivity index (χ0) is 22.0. The van der Waals surface area contributed by atoms with Gasteiger partial charge in [-0.1, -0.05) is 30.3 Å². The summed E-state index contributed by atoms with van der Waals surface area (Å²) in [6, 6.07) is 14.6. The predicted molar refractivity (Wildman–Crippen MR) is 116 cm³/mol. The Kier molecular flexibility index (Phi) is 9.29. The quantitative estimate of drug-likeness (QED) is 0.519. The first-order valence-corrected chi connectivity index (χ1v) is 11.4. The molecule has 0 aliphatic carbocycles. The fraction of sp³-hybridized carbons (Fsp3) is 0.409. The molecule has 0 radical (unpaired) electrons. The van der Waals surface area contributed by atoms with Crippen LogP contribution in [0.25, 0.3) is 0 Å². The molecule has 164 valence electrons. The van der Waals surface area contributed by atoms with Gasteiger partial charge >= 0.3 is 0 Å². The number of amides is 1. The van der Waals surface area contributed by atoms with Crippen LogP contribution in [0.3, 0.4) is 0 Å². The molecule has 0 spiro atoms. The molecule has 0 unspecified atom stereocenters. The fourth-order valence-corrected chi connectivity index (χ4v) is 4.37. The third-order valence-electron chi connectivity index (χ3n) is 4.73. The topological polar surface area (TPSA) is 84.9 Å². The Balaban J connectivity index is 2.21. The number of hydrogen-bond donors (Lipinski definition) is 1. The van der Waals surface area contributed by atoms with E-state index < -0.39 is 16.1 Å². The van der Waals surface area contributed by atoms with Crippen LogP contribution in [0.1, 0.15) is 31.4 Å². The smallest absolute Gasteiger partial charge is 0.243 e. The lowest BCUT2D eigenvalue weighted by atomic mass is 10.0. The van der Waals surface area contributed by atoms with Crippen molar-refractivity contribution in [3.05, 3.63) is 60.2 Å². The van der Waals surface area contributed by atoms with Gasteiger partial charge < -0.3 is 14.8 Å². The molecule has 0 saturated carbocycles. The number of hydrogen-bond acceptors (Lipinski definition) is 5. The van der Waals surface area contributed by atoms with Crippen LogP contribution in [-0.2, 0) is 19.6 Å². The van der Waals surface area contributed by atoms with E-state index >= 15 is 0 Å². The van der Waals surface area contributed by atoms with E-state index in [4.69, 9.17) is 9.47 Å². The van der Waals surface area contributed by atoms with Gasteiger partial charge in [0.15, 0.2) is 0 Å². The average Bonchev–Trinajstić information content (AvgIpc) is 2.77. The average molecular weight is 435 g/mol. The molecule has 30 heavy (non-hydrogen) atoms. The number of methoxy groups -OCH3 is 1. The summed E-state index contributed by atoms with van der Waals surface area (Å²) >= 11 is 0. The fourth-order valence-electron chi connectivity index (χ4n) is 3.00. The maximum Gasteiger partial charge on any atom is 0.243 e. The lowest BCUT2D eigenvalue weighted by Crippen LogP contribution is -2.35. The van der Waals surface area contributed by atoms with Crippen LogP contribution >= 0.6 is 0 Å². The summed E-state index contributed by atoms with van der Waals surface area (Å²) in [5, 5.41) is 2.85. The lowest BCUT2D eigenvalue weighted by molar-refractivity contribution is -0.122. The maximum absolute atomic E-state index is 13.1. The van der Waals surface area contributed by atoms with Crippen molar-refractivity contribution in [2.24, 2.45) is 0 Å². The van der Waals surface area contributed by atoms with Gasteiger partial charge in [-0.15, -0.1) is 0 Å². The third kappa shape index (κ3) is 6.55. The van der Waals surface area contributed by atoms with Crippen LogP contribution in [0.4, 0.5) is 0 Å². The molecule has 0 fully saturated rings. The first-order valence-electron chi connectivity index (χ1n) is 9.91. The number of carbonyl (C=O) groups is 1. The highest BCUT2D eigenvalue weighted by Crippen LogP contribution is 2.30. The molecule has 8 heteroatoms. The number of sulfonamides is 1.